The summed E-state index contributed by atoms with van der Waals surface area (Å²) in [7, 11) is 0. The molecule has 0 fully saturated rings. The number of nitro groups is 1. The Hall–Kier alpha value is -2.09. The van der Waals surface area contributed by atoms with Crippen LogP contribution < -0.4 is 5.73 Å². The summed E-state index contributed by atoms with van der Waals surface area (Å²) in [5, 5.41) is 10.9. The Kier molecular flexibility index (Phi) is 4.87. The van der Waals surface area contributed by atoms with Gasteiger partial charge >= 0.3 is 5.97 Å². The van der Waals surface area contributed by atoms with Gasteiger partial charge in [-0.2, -0.15) is 0 Å². The Bertz CT molecular complexity index is 532. The lowest BCUT2D eigenvalue weighted by atomic mass is 10.2. The molecule has 19 heavy (non-hydrogen) atoms. The van der Waals surface area contributed by atoms with E-state index >= 15 is 0 Å². The number of rotatable bonds is 5. The molecule has 1 aromatic rings. The Morgan fingerprint density at radius 2 is 2.11 bits per heavy atom. The summed E-state index contributed by atoms with van der Waals surface area (Å²) in [5.41, 5.74) is 4.77. The van der Waals surface area contributed by atoms with Crippen LogP contribution in [-0.4, -0.2) is 29.2 Å². The van der Waals surface area contributed by atoms with E-state index in [4.69, 9.17) is 10.5 Å². The molecule has 0 aromatic heterocycles. The molecule has 0 aliphatic carbocycles. The number of nitro benzene ring substituents is 1. The minimum atomic E-state index is -1.09. The normalized spacial score (nSPS) is 11.7. The number of nitrogens with two attached hydrogens (primary N) is 1. The number of hydrogen-bond acceptors (Lipinski definition) is 6. The van der Waals surface area contributed by atoms with Crippen molar-refractivity contribution in [1.82, 2.24) is 0 Å². The van der Waals surface area contributed by atoms with E-state index in [-0.39, 0.29) is 11.3 Å². The van der Waals surface area contributed by atoms with Crippen molar-refractivity contribution in [2.75, 3.05) is 6.26 Å². The number of nitrogens with zero attached hydrogens (tertiary/aromatic N) is 1. The van der Waals surface area contributed by atoms with Crippen LogP contribution in [0.15, 0.2) is 23.1 Å². The summed E-state index contributed by atoms with van der Waals surface area (Å²) in [5.74, 6) is -1.62. The molecule has 1 atom stereocenters. The zero-order valence-electron chi connectivity index (χ0n) is 10.3. The van der Waals surface area contributed by atoms with Crippen LogP contribution in [-0.2, 0) is 9.53 Å². The molecule has 0 unspecified atom stereocenters. The molecule has 0 heterocycles. The van der Waals surface area contributed by atoms with E-state index < -0.39 is 22.9 Å². The smallest absolute Gasteiger partial charge is 0.339 e. The molecule has 1 rings (SSSR count). The van der Waals surface area contributed by atoms with Crippen molar-refractivity contribution in [1.29, 1.82) is 0 Å². The fourth-order valence-electron chi connectivity index (χ4n) is 1.25. The second-order valence-electron chi connectivity index (χ2n) is 3.59. The van der Waals surface area contributed by atoms with Gasteiger partial charge in [-0.15, -0.1) is 11.8 Å². The minimum Gasteiger partial charge on any atom is -0.449 e. The van der Waals surface area contributed by atoms with E-state index in [2.05, 4.69) is 0 Å². The average Bonchev–Trinajstić information content (AvgIpc) is 2.37. The maximum Gasteiger partial charge on any atom is 0.339 e. The summed E-state index contributed by atoms with van der Waals surface area (Å²) in [6.45, 7) is 1.32. The zero-order valence-corrected chi connectivity index (χ0v) is 11.1. The molecule has 0 spiro atoms. The topological polar surface area (TPSA) is 113 Å². The summed E-state index contributed by atoms with van der Waals surface area (Å²) >= 11 is 1.20. The lowest BCUT2D eigenvalue weighted by molar-refractivity contribution is -0.387. The largest absolute Gasteiger partial charge is 0.449 e. The number of hydrogen-bond donors (Lipinski definition) is 1. The number of amides is 1. The molecule has 0 aliphatic heterocycles. The van der Waals surface area contributed by atoms with Crippen molar-refractivity contribution >= 4 is 29.3 Å². The standard InChI is InChI=1S/C11H12N2O5S/c1-6(10(12)14)18-11(15)7-3-4-9(19-2)8(5-7)13(16)17/h3-6H,1-2H3,(H2,12,14)/t6-/m1/s1. The zero-order chi connectivity index (χ0) is 14.6. The van der Waals surface area contributed by atoms with Crippen LogP contribution in [0.5, 0.6) is 0 Å². The molecule has 0 aliphatic rings. The molecule has 1 amide bonds. The van der Waals surface area contributed by atoms with Gasteiger partial charge in [-0.05, 0) is 25.3 Å². The van der Waals surface area contributed by atoms with Gasteiger partial charge in [0.05, 0.1) is 15.4 Å². The maximum absolute atomic E-state index is 11.7. The van der Waals surface area contributed by atoms with Crippen LogP contribution in [0.1, 0.15) is 17.3 Å². The van der Waals surface area contributed by atoms with Gasteiger partial charge in [0, 0.05) is 6.07 Å². The van der Waals surface area contributed by atoms with Crippen molar-refractivity contribution in [3.05, 3.63) is 33.9 Å². The van der Waals surface area contributed by atoms with Gasteiger partial charge in [0.1, 0.15) is 0 Å². The first-order chi connectivity index (χ1) is 8.86. The second kappa shape index (κ2) is 6.19. The van der Waals surface area contributed by atoms with Crippen LogP contribution in [0, 0.1) is 10.1 Å². The highest BCUT2D eigenvalue weighted by Gasteiger charge is 2.20. The first-order valence-electron chi connectivity index (χ1n) is 5.19. The van der Waals surface area contributed by atoms with Crippen molar-refractivity contribution in [3.8, 4) is 0 Å². The van der Waals surface area contributed by atoms with Gasteiger partial charge in [-0.3, -0.25) is 14.9 Å². The number of carbonyl (C=O) groups is 2. The summed E-state index contributed by atoms with van der Waals surface area (Å²) < 4.78 is 4.76. The molecule has 1 aromatic carbocycles. The Labute approximate surface area is 113 Å². The van der Waals surface area contributed by atoms with Crippen molar-refractivity contribution < 1.29 is 19.2 Å². The second-order valence-corrected chi connectivity index (χ2v) is 4.44. The molecule has 0 bridgehead atoms. The summed E-state index contributed by atoms with van der Waals surface area (Å²) in [6, 6.07) is 3.96. The molecule has 102 valence electrons. The van der Waals surface area contributed by atoms with Crippen LogP contribution in [0.25, 0.3) is 0 Å². The summed E-state index contributed by atoms with van der Waals surface area (Å²) in [4.78, 5) is 33.2. The number of ether oxygens (including phenoxy) is 1. The predicted octanol–water partition coefficient (Wildman–Crippen LogP) is 1.35. The summed E-state index contributed by atoms with van der Waals surface area (Å²) in [6.07, 6.45) is 0.599. The molecule has 2 N–H and O–H groups in total. The van der Waals surface area contributed by atoms with E-state index in [9.17, 15) is 19.7 Å². The van der Waals surface area contributed by atoms with Gasteiger partial charge in [0.2, 0.25) is 0 Å². The van der Waals surface area contributed by atoms with Gasteiger partial charge in [-0.25, -0.2) is 4.79 Å². The number of thioether (sulfide) groups is 1. The molecule has 8 heteroatoms. The third kappa shape index (κ3) is 3.68. The van der Waals surface area contributed by atoms with E-state index in [0.29, 0.717) is 4.90 Å². The van der Waals surface area contributed by atoms with E-state index in [1.54, 1.807) is 6.26 Å². The fourth-order valence-corrected chi connectivity index (χ4v) is 1.79. The highest BCUT2D eigenvalue weighted by molar-refractivity contribution is 7.98. The third-order valence-electron chi connectivity index (χ3n) is 2.30. The van der Waals surface area contributed by atoms with Crippen LogP contribution in [0.2, 0.25) is 0 Å². The van der Waals surface area contributed by atoms with E-state index in [1.165, 1.54) is 30.8 Å². The van der Waals surface area contributed by atoms with Gasteiger partial charge < -0.3 is 10.5 Å². The van der Waals surface area contributed by atoms with Crippen LogP contribution >= 0.6 is 11.8 Å². The molecule has 0 radical (unpaired) electrons. The molecule has 7 nitrogen and oxygen atoms in total. The van der Waals surface area contributed by atoms with E-state index in [0.717, 1.165) is 6.07 Å². The maximum atomic E-state index is 11.7. The predicted molar refractivity (Wildman–Crippen MR) is 68.9 cm³/mol. The fraction of sp³-hybridized carbons (Fsp3) is 0.273. The quantitative estimate of drug-likeness (QED) is 0.378. The Morgan fingerprint density at radius 3 is 2.58 bits per heavy atom. The van der Waals surface area contributed by atoms with Crippen molar-refractivity contribution in [3.63, 3.8) is 0 Å². The molecular formula is C11H12N2O5S. The Morgan fingerprint density at radius 1 is 1.47 bits per heavy atom. The number of esters is 1. The average molecular weight is 284 g/mol. The first-order valence-corrected chi connectivity index (χ1v) is 6.42. The monoisotopic (exact) mass is 284 g/mol. The van der Waals surface area contributed by atoms with Crippen LogP contribution in [0.3, 0.4) is 0 Å². The number of benzene rings is 1. The molecule has 0 saturated carbocycles. The minimum absolute atomic E-state index is 0.00222. The van der Waals surface area contributed by atoms with Gasteiger partial charge in [0.25, 0.3) is 11.6 Å². The third-order valence-corrected chi connectivity index (χ3v) is 3.08. The lowest BCUT2D eigenvalue weighted by Crippen LogP contribution is -2.30. The molecular weight excluding hydrogens is 272 g/mol. The van der Waals surface area contributed by atoms with Gasteiger partial charge in [0.15, 0.2) is 6.10 Å². The molecule has 0 saturated heterocycles. The van der Waals surface area contributed by atoms with Gasteiger partial charge in [-0.1, -0.05) is 0 Å². The first kappa shape index (κ1) is 15.0. The number of carbonyl (C=O) groups excluding carboxylic acids is 2. The highest BCUT2D eigenvalue weighted by Crippen LogP contribution is 2.28. The number of primary amides is 1. The SMILES string of the molecule is CSc1ccc(C(=O)O[C@H](C)C(N)=O)cc1[N+](=O)[O-]. The highest BCUT2D eigenvalue weighted by atomic mass is 32.2. The van der Waals surface area contributed by atoms with E-state index in [1.807, 2.05) is 0 Å². The Balaban J connectivity index is 3.02. The van der Waals surface area contributed by atoms with Crippen LogP contribution in [0.4, 0.5) is 5.69 Å². The van der Waals surface area contributed by atoms with Crippen molar-refractivity contribution in [2.45, 2.75) is 17.9 Å². The van der Waals surface area contributed by atoms with Crippen molar-refractivity contribution in [2.24, 2.45) is 5.73 Å². The lowest BCUT2D eigenvalue weighted by Gasteiger charge is -2.09.